The molecule has 0 saturated carbocycles. The van der Waals surface area contributed by atoms with Crippen molar-refractivity contribution in [2.24, 2.45) is 0 Å². The van der Waals surface area contributed by atoms with Crippen molar-refractivity contribution in [1.82, 2.24) is 9.80 Å². The molecule has 0 aromatic heterocycles. The SMILES string of the molecule is CCN1CCCN(C)C1=O. The maximum atomic E-state index is 11.2. The minimum absolute atomic E-state index is 0.175. The summed E-state index contributed by atoms with van der Waals surface area (Å²) in [5.74, 6) is 0. The molecular formula is C7H14N2O. The van der Waals surface area contributed by atoms with Crippen LogP contribution in [0.4, 0.5) is 4.79 Å². The van der Waals surface area contributed by atoms with Gasteiger partial charge in [0.25, 0.3) is 0 Å². The summed E-state index contributed by atoms with van der Waals surface area (Å²) in [5.41, 5.74) is 0. The molecule has 3 nitrogen and oxygen atoms in total. The maximum absolute atomic E-state index is 11.2. The van der Waals surface area contributed by atoms with Crippen LogP contribution in [0.15, 0.2) is 0 Å². The lowest BCUT2D eigenvalue weighted by Gasteiger charge is -2.32. The van der Waals surface area contributed by atoms with Crippen LogP contribution in [0.1, 0.15) is 13.3 Å². The summed E-state index contributed by atoms with van der Waals surface area (Å²) in [6, 6.07) is 0.175. The molecule has 1 aliphatic rings. The van der Waals surface area contributed by atoms with Gasteiger partial charge >= 0.3 is 6.03 Å². The van der Waals surface area contributed by atoms with Gasteiger partial charge in [0.1, 0.15) is 0 Å². The van der Waals surface area contributed by atoms with Gasteiger partial charge in [-0.25, -0.2) is 4.79 Å². The van der Waals surface area contributed by atoms with Crippen molar-refractivity contribution in [2.75, 3.05) is 26.7 Å². The molecule has 1 aliphatic heterocycles. The number of amides is 2. The molecule has 1 fully saturated rings. The Hall–Kier alpha value is -0.730. The second-order valence-electron chi connectivity index (χ2n) is 2.64. The Balaban J connectivity index is 2.51. The molecule has 3 heteroatoms. The number of hydrogen-bond acceptors (Lipinski definition) is 1. The average molecular weight is 142 g/mol. The highest BCUT2D eigenvalue weighted by Gasteiger charge is 2.20. The molecule has 0 bridgehead atoms. The first kappa shape index (κ1) is 7.38. The van der Waals surface area contributed by atoms with Gasteiger partial charge in [-0.1, -0.05) is 0 Å². The van der Waals surface area contributed by atoms with Gasteiger partial charge in [0.15, 0.2) is 0 Å². The molecule has 0 atom stereocenters. The van der Waals surface area contributed by atoms with Crippen molar-refractivity contribution < 1.29 is 4.79 Å². The predicted octanol–water partition coefficient (Wildman–Crippen LogP) is 0.764. The van der Waals surface area contributed by atoms with Crippen LogP contribution in [0, 0.1) is 0 Å². The zero-order valence-corrected chi connectivity index (χ0v) is 6.63. The number of urea groups is 1. The molecule has 0 N–H and O–H groups in total. The van der Waals surface area contributed by atoms with E-state index < -0.39 is 0 Å². The van der Waals surface area contributed by atoms with E-state index in [4.69, 9.17) is 0 Å². The van der Waals surface area contributed by atoms with Gasteiger partial charge in [0.2, 0.25) is 0 Å². The first-order valence-electron chi connectivity index (χ1n) is 3.75. The Morgan fingerprint density at radius 1 is 1.50 bits per heavy atom. The highest BCUT2D eigenvalue weighted by Crippen LogP contribution is 2.05. The molecule has 0 spiro atoms. The minimum Gasteiger partial charge on any atom is -0.328 e. The normalized spacial score (nSPS) is 20.0. The zero-order valence-electron chi connectivity index (χ0n) is 6.63. The lowest BCUT2D eigenvalue weighted by molar-refractivity contribution is 0.144. The highest BCUT2D eigenvalue weighted by atomic mass is 16.2. The molecule has 0 aliphatic carbocycles. The van der Waals surface area contributed by atoms with Gasteiger partial charge in [0.05, 0.1) is 0 Å². The second-order valence-corrected chi connectivity index (χ2v) is 2.64. The van der Waals surface area contributed by atoms with E-state index in [0.29, 0.717) is 0 Å². The van der Waals surface area contributed by atoms with Gasteiger partial charge in [-0.15, -0.1) is 0 Å². The summed E-state index contributed by atoms with van der Waals surface area (Å²) in [6.07, 6.45) is 1.11. The van der Waals surface area contributed by atoms with Gasteiger partial charge in [-0.3, -0.25) is 0 Å². The van der Waals surface area contributed by atoms with Crippen molar-refractivity contribution in [1.29, 1.82) is 0 Å². The van der Waals surface area contributed by atoms with Crippen LogP contribution in [-0.2, 0) is 0 Å². The molecule has 0 aromatic carbocycles. The van der Waals surface area contributed by atoms with Gasteiger partial charge in [0, 0.05) is 26.7 Å². The van der Waals surface area contributed by atoms with Crippen molar-refractivity contribution in [3.05, 3.63) is 0 Å². The molecule has 58 valence electrons. The summed E-state index contributed by atoms with van der Waals surface area (Å²) in [4.78, 5) is 14.8. The van der Waals surface area contributed by atoms with E-state index in [1.165, 1.54) is 0 Å². The van der Waals surface area contributed by atoms with E-state index in [0.717, 1.165) is 26.1 Å². The summed E-state index contributed by atoms with van der Waals surface area (Å²) < 4.78 is 0. The zero-order chi connectivity index (χ0) is 7.56. The topological polar surface area (TPSA) is 23.6 Å². The van der Waals surface area contributed by atoms with Crippen LogP contribution < -0.4 is 0 Å². The van der Waals surface area contributed by atoms with E-state index in [2.05, 4.69) is 0 Å². The molecule has 1 saturated heterocycles. The third-order valence-electron chi connectivity index (χ3n) is 1.90. The van der Waals surface area contributed by atoms with E-state index >= 15 is 0 Å². The first-order chi connectivity index (χ1) is 4.75. The molecule has 10 heavy (non-hydrogen) atoms. The first-order valence-corrected chi connectivity index (χ1v) is 3.75. The molecular weight excluding hydrogens is 128 g/mol. The van der Waals surface area contributed by atoms with Crippen molar-refractivity contribution in [2.45, 2.75) is 13.3 Å². The van der Waals surface area contributed by atoms with Gasteiger partial charge in [-0.05, 0) is 13.3 Å². The van der Waals surface area contributed by atoms with Crippen LogP contribution >= 0.6 is 0 Å². The number of nitrogens with zero attached hydrogens (tertiary/aromatic N) is 2. The summed E-state index contributed by atoms with van der Waals surface area (Å²) in [7, 11) is 1.85. The third kappa shape index (κ3) is 1.23. The lowest BCUT2D eigenvalue weighted by Crippen LogP contribution is -2.47. The minimum atomic E-state index is 0.175. The Morgan fingerprint density at radius 3 is 2.70 bits per heavy atom. The Morgan fingerprint density at radius 2 is 2.20 bits per heavy atom. The fourth-order valence-corrected chi connectivity index (χ4v) is 1.22. The molecule has 1 rings (SSSR count). The molecule has 0 unspecified atom stereocenters. The predicted molar refractivity (Wildman–Crippen MR) is 39.9 cm³/mol. The molecule has 0 aromatic rings. The van der Waals surface area contributed by atoms with Gasteiger partial charge in [-0.2, -0.15) is 0 Å². The fourth-order valence-electron chi connectivity index (χ4n) is 1.22. The number of carbonyl (C=O) groups excluding carboxylic acids is 1. The van der Waals surface area contributed by atoms with Crippen molar-refractivity contribution in [3.63, 3.8) is 0 Å². The lowest BCUT2D eigenvalue weighted by atomic mass is 10.3. The Kier molecular flexibility index (Phi) is 2.14. The third-order valence-corrected chi connectivity index (χ3v) is 1.90. The Bertz CT molecular complexity index is 136. The maximum Gasteiger partial charge on any atom is 0.319 e. The Labute approximate surface area is 61.6 Å². The highest BCUT2D eigenvalue weighted by molar-refractivity contribution is 5.74. The largest absolute Gasteiger partial charge is 0.328 e. The molecule has 2 amide bonds. The number of hydrogen-bond donors (Lipinski definition) is 0. The molecule has 0 radical (unpaired) electrons. The van der Waals surface area contributed by atoms with Crippen LogP contribution in [0.3, 0.4) is 0 Å². The van der Waals surface area contributed by atoms with E-state index in [-0.39, 0.29) is 6.03 Å². The van der Waals surface area contributed by atoms with E-state index in [9.17, 15) is 4.79 Å². The van der Waals surface area contributed by atoms with Crippen LogP contribution in [-0.4, -0.2) is 42.5 Å². The quantitative estimate of drug-likeness (QED) is 0.530. The molecule has 1 heterocycles. The van der Waals surface area contributed by atoms with Crippen LogP contribution in [0.5, 0.6) is 0 Å². The summed E-state index contributed by atoms with van der Waals surface area (Å²) >= 11 is 0. The summed E-state index contributed by atoms with van der Waals surface area (Å²) in [5, 5.41) is 0. The second kappa shape index (κ2) is 2.90. The van der Waals surface area contributed by atoms with E-state index in [1.807, 2.05) is 18.9 Å². The summed E-state index contributed by atoms with van der Waals surface area (Å²) in [6.45, 7) is 4.69. The van der Waals surface area contributed by atoms with Crippen molar-refractivity contribution in [3.8, 4) is 0 Å². The monoisotopic (exact) mass is 142 g/mol. The smallest absolute Gasteiger partial charge is 0.319 e. The van der Waals surface area contributed by atoms with Crippen LogP contribution in [0.2, 0.25) is 0 Å². The van der Waals surface area contributed by atoms with Gasteiger partial charge < -0.3 is 9.80 Å². The van der Waals surface area contributed by atoms with Crippen molar-refractivity contribution >= 4 is 6.03 Å². The average Bonchev–Trinajstić information content (AvgIpc) is 1.95. The van der Waals surface area contributed by atoms with Crippen LogP contribution in [0.25, 0.3) is 0 Å². The standard InChI is InChI=1S/C7H14N2O/c1-3-9-6-4-5-8(2)7(9)10/h3-6H2,1-2H3. The number of rotatable bonds is 1. The fraction of sp³-hybridized carbons (Fsp3) is 0.857. The number of carbonyl (C=O) groups is 1. The van der Waals surface area contributed by atoms with E-state index in [1.54, 1.807) is 4.90 Å².